The fraction of sp³-hybridized carbons (Fsp3) is 0.0625. The third-order valence-corrected chi connectivity index (χ3v) is 6.83. The molecular weight excluding hydrogens is 547 g/mol. The number of allylic oxidation sites excluding steroid dienone is 1. The molecular formula is C32H22Cl2N2O4. The van der Waals surface area contributed by atoms with Crippen molar-refractivity contribution in [3.63, 3.8) is 0 Å². The molecule has 0 aliphatic carbocycles. The van der Waals surface area contributed by atoms with Gasteiger partial charge in [-0.25, -0.2) is 4.79 Å². The summed E-state index contributed by atoms with van der Waals surface area (Å²) in [6, 6.07) is 29.2. The van der Waals surface area contributed by atoms with E-state index in [0.717, 1.165) is 16.7 Å². The van der Waals surface area contributed by atoms with Crippen LogP contribution in [0.3, 0.4) is 0 Å². The highest BCUT2D eigenvalue weighted by Crippen LogP contribution is 2.43. The SMILES string of the molecule is N#CC1=C(N)Oc2cc(OC(=O)/C=C/c3ccccc3)ccc2C1c1ccc(OCc2ccc(Cl)cc2Cl)cc1. The summed E-state index contributed by atoms with van der Waals surface area (Å²) in [5.41, 5.74) is 9.63. The standard InChI is InChI=1S/C32H22Cl2N2O4/c33-23-10-7-22(28(34)16-23)19-38-24-11-8-21(9-12-24)31-26-14-13-25(17-29(26)40-32(36)27(31)18-35)39-30(37)15-6-20-4-2-1-3-5-20/h1-17,31H,19,36H2/b15-6+. The Morgan fingerprint density at radius 1 is 0.975 bits per heavy atom. The molecule has 4 aromatic carbocycles. The van der Waals surface area contributed by atoms with Crippen LogP contribution >= 0.6 is 23.2 Å². The lowest BCUT2D eigenvalue weighted by Crippen LogP contribution is -2.21. The molecule has 8 heteroatoms. The molecule has 0 spiro atoms. The Hall–Kier alpha value is -4.70. The predicted molar refractivity (Wildman–Crippen MR) is 154 cm³/mol. The fourth-order valence-corrected chi connectivity index (χ4v) is 4.74. The Balaban J connectivity index is 1.34. The number of hydrogen-bond donors (Lipinski definition) is 1. The van der Waals surface area contributed by atoms with E-state index >= 15 is 0 Å². The molecule has 1 atom stereocenters. The topological polar surface area (TPSA) is 94.6 Å². The van der Waals surface area contributed by atoms with Crippen LogP contribution in [0, 0.1) is 11.3 Å². The van der Waals surface area contributed by atoms with Crippen molar-refractivity contribution in [2.45, 2.75) is 12.5 Å². The third kappa shape index (κ3) is 6.13. The number of nitrogens with zero attached hydrogens (tertiary/aromatic N) is 1. The van der Waals surface area contributed by atoms with Gasteiger partial charge in [0.25, 0.3) is 0 Å². The van der Waals surface area contributed by atoms with Crippen molar-refractivity contribution < 1.29 is 19.0 Å². The number of halogens is 2. The Kier molecular flexibility index (Phi) is 8.07. The average Bonchev–Trinajstić information content (AvgIpc) is 2.96. The summed E-state index contributed by atoms with van der Waals surface area (Å²) >= 11 is 12.2. The van der Waals surface area contributed by atoms with Gasteiger partial charge in [0.05, 0.1) is 5.92 Å². The molecule has 0 aromatic heterocycles. The molecule has 1 aliphatic rings. The smallest absolute Gasteiger partial charge is 0.336 e. The predicted octanol–water partition coefficient (Wildman–Crippen LogP) is 7.41. The molecule has 198 valence electrons. The maximum atomic E-state index is 12.4. The summed E-state index contributed by atoms with van der Waals surface area (Å²) in [5.74, 6) is 0.298. The number of rotatable bonds is 7. The van der Waals surface area contributed by atoms with Crippen molar-refractivity contribution in [3.05, 3.63) is 141 Å². The molecule has 5 rings (SSSR count). The molecule has 6 nitrogen and oxygen atoms in total. The van der Waals surface area contributed by atoms with Gasteiger partial charge in [-0.15, -0.1) is 0 Å². The van der Waals surface area contributed by atoms with Gasteiger partial charge in [-0.3, -0.25) is 0 Å². The Labute approximate surface area is 241 Å². The van der Waals surface area contributed by atoms with Crippen LogP contribution in [-0.2, 0) is 11.4 Å². The van der Waals surface area contributed by atoms with E-state index in [1.807, 2.05) is 60.7 Å². The Morgan fingerprint density at radius 2 is 1.73 bits per heavy atom. The number of hydrogen-bond acceptors (Lipinski definition) is 6. The lowest BCUT2D eigenvalue weighted by molar-refractivity contribution is -0.128. The van der Waals surface area contributed by atoms with Crippen molar-refractivity contribution in [1.29, 1.82) is 5.26 Å². The summed E-state index contributed by atoms with van der Waals surface area (Å²) in [4.78, 5) is 12.4. The summed E-state index contributed by atoms with van der Waals surface area (Å²) in [6.45, 7) is 0.272. The van der Waals surface area contributed by atoms with Crippen LogP contribution in [0.5, 0.6) is 17.2 Å². The van der Waals surface area contributed by atoms with Crippen LogP contribution in [0.15, 0.2) is 109 Å². The quantitative estimate of drug-likeness (QED) is 0.142. The Morgan fingerprint density at radius 3 is 2.45 bits per heavy atom. The zero-order chi connectivity index (χ0) is 28.1. The number of benzene rings is 4. The van der Waals surface area contributed by atoms with E-state index in [4.69, 9.17) is 43.1 Å². The van der Waals surface area contributed by atoms with Crippen molar-refractivity contribution >= 4 is 35.2 Å². The highest BCUT2D eigenvalue weighted by Gasteiger charge is 2.31. The molecule has 0 amide bonds. The molecule has 2 N–H and O–H groups in total. The second-order valence-electron chi connectivity index (χ2n) is 8.88. The lowest BCUT2D eigenvalue weighted by Gasteiger charge is -2.26. The average molecular weight is 569 g/mol. The zero-order valence-corrected chi connectivity index (χ0v) is 22.5. The maximum absolute atomic E-state index is 12.4. The number of carbonyl (C=O) groups is 1. The summed E-state index contributed by atoms with van der Waals surface area (Å²) in [7, 11) is 0. The number of carbonyl (C=O) groups excluding carboxylic acids is 1. The van der Waals surface area contributed by atoms with E-state index in [9.17, 15) is 10.1 Å². The van der Waals surface area contributed by atoms with Crippen LogP contribution in [0.4, 0.5) is 0 Å². The first-order chi connectivity index (χ1) is 19.4. The monoisotopic (exact) mass is 568 g/mol. The minimum atomic E-state index is -0.534. The van der Waals surface area contributed by atoms with Gasteiger partial charge in [0.2, 0.25) is 5.88 Å². The third-order valence-electron chi connectivity index (χ3n) is 6.24. The number of esters is 1. The van der Waals surface area contributed by atoms with Gasteiger partial charge in [0.15, 0.2) is 0 Å². The van der Waals surface area contributed by atoms with Crippen molar-refractivity contribution in [3.8, 4) is 23.3 Å². The van der Waals surface area contributed by atoms with Crippen LogP contribution in [0.2, 0.25) is 10.0 Å². The lowest BCUT2D eigenvalue weighted by atomic mass is 9.83. The maximum Gasteiger partial charge on any atom is 0.336 e. The highest BCUT2D eigenvalue weighted by molar-refractivity contribution is 6.35. The van der Waals surface area contributed by atoms with Crippen molar-refractivity contribution in [2.24, 2.45) is 5.73 Å². The van der Waals surface area contributed by atoms with Gasteiger partial charge in [-0.2, -0.15) is 5.26 Å². The van der Waals surface area contributed by atoms with Crippen LogP contribution < -0.4 is 19.9 Å². The van der Waals surface area contributed by atoms with E-state index in [1.54, 1.807) is 36.4 Å². The normalized spacial score (nSPS) is 14.3. The highest BCUT2D eigenvalue weighted by atomic mass is 35.5. The summed E-state index contributed by atoms with van der Waals surface area (Å²) < 4.78 is 17.1. The zero-order valence-electron chi connectivity index (χ0n) is 21.0. The fourth-order valence-electron chi connectivity index (χ4n) is 4.28. The number of fused-ring (bicyclic) bond motifs is 1. The van der Waals surface area contributed by atoms with Gasteiger partial charge >= 0.3 is 5.97 Å². The molecule has 4 aromatic rings. The molecule has 1 heterocycles. The summed E-state index contributed by atoms with van der Waals surface area (Å²) in [6.07, 6.45) is 3.02. The number of ether oxygens (including phenoxy) is 3. The van der Waals surface area contributed by atoms with Crippen LogP contribution in [0.25, 0.3) is 6.08 Å². The van der Waals surface area contributed by atoms with Crippen molar-refractivity contribution in [1.82, 2.24) is 0 Å². The minimum Gasteiger partial charge on any atom is -0.489 e. The van der Waals surface area contributed by atoms with Gasteiger partial charge in [-0.05, 0) is 47.5 Å². The van der Waals surface area contributed by atoms with Gasteiger partial charge in [0, 0.05) is 33.3 Å². The van der Waals surface area contributed by atoms with Gasteiger partial charge in [0.1, 0.15) is 35.5 Å². The van der Waals surface area contributed by atoms with Gasteiger partial charge < -0.3 is 19.9 Å². The second kappa shape index (κ2) is 12.0. The largest absolute Gasteiger partial charge is 0.489 e. The van der Waals surface area contributed by atoms with E-state index in [0.29, 0.717) is 27.1 Å². The van der Waals surface area contributed by atoms with E-state index < -0.39 is 11.9 Å². The first kappa shape index (κ1) is 26.9. The molecule has 1 aliphatic heterocycles. The number of nitriles is 1. The first-order valence-corrected chi connectivity index (χ1v) is 13.0. The molecule has 0 radical (unpaired) electrons. The van der Waals surface area contributed by atoms with E-state index in [2.05, 4.69) is 6.07 Å². The second-order valence-corrected chi connectivity index (χ2v) is 9.73. The minimum absolute atomic E-state index is 0.00911. The molecule has 0 saturated carbocycles. The summed E-state index contributed by atoms with van der Waals surface area (Å²) in [5, 5.41) is 10.9. The Bertz CT molecular complexity index is 1660. The molecule has 1 unspecified atom stereocenters. The van der Waals surface area contributed by atoms with Crippen LogP contribution in [0.1, 0.15) is 28.2 Å². The molecule has 40 heavy (non-hydrogen) atoms. The van der Waals surface area contributed by atoms with Crippen LogP contribution in [-0.4, -0.2) is 5.97 Å². The molecule has 0 fully saturated rings. The molecule has 0 saturated heterocycles. The van der Waals surface area contributed by atoms with E-state index in [-0.39, 0.29) is 23.8 Å². The van der Waals surface area contributed by atoms with Gasteiger partial charge in [-0.1, -0.05) is 77.8 Å². The first-order valence-electron chi connectivity index (χ1n) is 12.2. The van der Waals surface area contributed by atoms with E-state index in [1.165, 1.54) is 6.08 Å². The molecule has 0 bridgehead atoms. The number of nitrogens with two attached hydrogens (primary N) is 1. The van der Waals surface area contributed by atoms with Crippen molar-refractivity contribution in [2.75, 3.05) is 0 Å².